The van der Waals surface area contributed by atoms with Gasteiger partial charge in [-0.3, -0.25) is 4.79 Å². The highest BCUT2D eigenvalue weighted by atomic mass is 16.2. The van der Waals surface area contributed by atoms with Crippen LogP contribution in [0.1, 0.15) is 38.3 Å². The first-order valence-corrected chi connectivity index (χ1v) is 7.11. The molecule has 0 radical (unpaired) electrons. The highest BCUT2D eigenvalue weighted by Gasteiger charge is 2.20. The molecule has 1 amide bonds. The van der Waals surface area contributed by atoms with Crippen molar-refractivity contribution in [2.75, 3.05) is 18.4 Å². The van der Waals surface area contributed by atoms with E-state index in [1.807, 2.05) is 20.8 Å². The lowest BCUT2D eigenvalue weighted by molar-refractivity contribution is -0.128. The van der Waals surface area contributed by atoms with E-state index < -0.39 is 0 Å². The number of amides is 1. The first-order chi connectivity index (χ1) is 8.98. The van der Waals surface area contributed by atoms with Crippen LogP contribution in [0.3, 0.4) is 0 Å². The van der Waals surface area contributed by atoms with Crippen molar-refractivity contribution in [1.82, 2.24) is 5.32 Å². The van der Waals surface area contributed by atoms with Gasteiger partial charge in [0.05, 0.1) is 0 Å². The van der Waals surface area contributed by atoms with Crippen LogP contribution >= 0.6 is 0 Å². The third-order valence-corrected chi connectivity index (χ3v) is 3.52. The summed E-state index contributed by atoms with van der Waals surface area (Å²) >= 11 is 0. The Hall–Kier alpha value is -1.51. The highest BCUT2D eigenvalue weighted by molar-refractivity contribution is 5.81. The number of aryl methyl sites for hydroxylation is 1. The largest absolute Gasteiger partial charge is 0.385 e. The van der Waals surface area contributed by atoms with E-state index in [9.17, 15) is 4.79 Å². The van der Waals surface area contributed by atoms with Crippen molar-refractivity contribution in [3.8, 4) is 0 Å². The van der Waals surface area contributed by atoms with Crippen LogP contribution in [0.15, 0.2) is 18.2 Å². The number of nitrogens with one attached hydrogen (secondary N) is 2. The monoisotopic (exact) mass is 260 g/mol. The zero-order valence-electron chi connectivity index (χ0n) is 12.2. The van der Waals surface area contributed by atoms with Gasteiger partial charge in [-0.1, -0.05) is 39.0 Å². The molecule has 3 heteroatoms. The third-order valence-electron chi connectivity index (χ3n) is 3.52. The van der Waals surface area contributed by atoms with Crippen LogP contribution < -0.4 is 10.6 Å². The van der Waals surface area contributed by atoms with E-state index >= 15 is 0 Å². The first-order valence-electron chi connectivity index (χ1n) is 7.11. The zero-order valence-corrected chi connectivity index (χ0v) is 12.2. The molecule has 2 N–H and O–H groups in total. The fraction of sp³-hybridized carbons (Fsp3) is 0.562. The Morgan fingerprint density at radius 3 is 2.89 bits per heavy atom. The molecule has 1 aromatic carbocycles. The van der Waals surface area contributed by atoms with Crippen molar-refractivity contribution >= 4 is 11.6 Å². The minimum absolute atomic E-state index is 0.116. The molecule has 1 heterocycles. The van der Waals surface area contributed by atoms with E-state index in [2.05, 4.69) is 28.8 Å². The molecule has 0 bridgehead atoms. The second-order valence-electron chi connectivity index (χ2n) is 6.24. The summed E-state index contributed by atoms with van der Waals surface area (Å²) in [5.74, 6) is 0.116. The van der Waals surface area contributed by atoms with Gasteiger partial charge in [0.1, 0.15) is 0 Å². The van der Waals surface area contributed by atoms with E-state index in [1.165, 1.54) is 23.2 Å². The minimum atomic E-state index is -0.311. The number of fused-ring (bicyclic) bond motifs is 1. The molecule has 1 aromatic rings. The number of anilines is 1. The van der Waals surface area contributed by atoms with Gasteiger partial charge in [-0.25, -0.2) is 0 Å². The summed E-state index contributed by atoms with van der Waals surface area (Å²) in [6, 6.07) is 6.46. The summed E-state index contributed by atoms with van der Waals surface area (Å²) in [5.41, 5.74) is 3.70. The molecule has 0 aromatic heterocycles. The summed E-state index contributed by atoms with van der Waals surface area (Å²) in [6.45, 7) is 7.57. The number of rotatable bonds is 3. The van der Waals surface area contributed by atoms with Crippen molar-refractivity contribution in [3.63, 3.8) is 0 Å². The molecule has 0 atom stereocenters. The average molecular weight is 260 g/mol. The van der Waals surface area contributed by atoms with Crippen molar-refractivity contribution in [1.29, 1.82) is 0 Å². The topological polar surface area (TPSA) is 41.1 Å². The summed E-state index contributed by atoms with van der Waals surface area (Å²) in [6.07, 6.45) is 3.25. The molecule has 1 aliphatic heterocycles. The molecule has 3 nitrogen and oxygen atoms in total. The van der Waals surface area contributed by atoms with E-state index in [-0.39, 0.29) is 11.3 Å². The highest BCUT2D eigenvalue weighted by Crippen LogP contribution is 2.26. The predicted octanol–water partition coefficient (Wildman–Crippen LogP) is 2.75. The molecule has 19 heavy (non-hydrogen) atoms. The van der Waals surface area contributed by atoms with E-state index in [0.29, 0.717) is 6.54 Å². The maximum absolute atomic E-state index is 11.8. The van der Waals surface area contributed by atoms with Gasteiger partial charge in [-0.05, 0) is 30.4 Å². The zero-order chi connectivity index (χ0) is 13.9. The molecule has 0 unspecified atom stereocenters. The van der Waals surface area contributed by atoms with Crippen molar-refractivity contribution in [2.24, 2.45) is 5.41 Å². The quantitative estimate of drug-likeness (QED) is 0.877. The second-order valence-corrected chi connectivity index (χ2v) is 6.24. The van der Waals surface area contributed by atoms with Crippen LogP contribution in [0, 0.1) is 5.41 Å². The van der Waals surface area contributed by atoms with Gasteiger partial charge in [0.15, 0.2) is 0 Å². The SMILES string of the molecule is CC(C)(C)C(=O)NCCc1cccc2c1NCCC2. The average Bonchev–Trinajstić information content (AvgIpc) is 2.38. The Kier molecular flexibility index (Phi) is 4.13. The smallest absolute Gasteiger partial charge is 0.225 e. The number of carbonyl (C=O) groups is 1. The van der Waals surface area contributed by atoms with Gasteiger partial charge < -0.3 is 10.6 Å². The van der Waals surface area contributed by atoms with Gasteiger partial charge >= 0.3 is 0 Å². The van der Waals surface area contributed by atoms with Crippen LogP contribution in [0.5, 0.6) is 0 Å². The fourth-order valence-corrected chi connectivity index (χ4v) is 2.37. The molecule has 0 spiro atoms. The number of hydrogen-bond donors (Lipinski definition) is 2. The molecule has 2 rings (SSSR count). The molecular weight excluding hydrogens is 236 g/mol. The van der Waals surface area contributed by atoms with Gasteiger partial charge in [-0.2, -0.15) is 0 Å². The van der Waals surface area contributed by atoms with E-state index in [1.54, 1.807) is 0 Å². The predicted molar refractivity (Wildman–Crippen MR) is 79.4 cm³/mol. The lowest BCUT2D eigenvalue weighted by Crippen LogP contribution is -2.36. The Bertz CT molecular complexity index is 460. The maximum atomic E-state index is 11.8. The van der Waals surface area contributed by atoms with Crippen LogP contribution in [-0.4, -0.2) is 19.0 Å². The maximum Gasteiger partial charge on any atom is 0.225 e. The Labute approximate surface area is 115 Å². The van der Waals surface area contributed by atoms with E-state index in [0.717, 1.165) is 19.4 Å². The Morgan fingerprint density at radius 2 is 2.16 bits per heavy atom. The molecule has 1 aliphatic rings. The summed E-state index contributed by atoms with van der Waals surface area (Å²) in [7, 11) is 0. The Morgan fingerprint density at radius 1 is 1.37 bits per heavy atom. The van der Waals surface area contributed by atoms with Gasteiger partial charge in [0, 0.05) is 24.2 Å². The van der Waals surface area contributed by atoms with Crippen molar-refractivity contribution < 1.29 is 4.79 Å². The number of para-hydroxylation sites is 1. The summed E-state index contributed by atoms with van der Waals surface area (Å²) in [4.78, 5) is 11.8. The minimum Gasteiger partial charge on any atom is -0.385 e. The van der Waals surface area contributed by atoms with E-state index in [4.69, 9.17) is 0 Å². The fourth-order valence-electron chi connectivity index (χ4n) is 2.37. The molecular formula is C16H24N2O. The second kappa shape index (κ2) is 5.64. The molecule has 0 fully saturated rings. The normalized spacial score (nSPS) is 14.5. The molecule has 0 saturated heterocycles. The number of carbonyl (C=O) groups excluding carboxylic acids is 1. The molecule has 0 aliphatic carbocycles. The Balaban J connectivity index is 1.95. The summed E-state index contributed by atoms with van der Waals surface area (Å²) < 4.78 is 0. The van der Waals surface area contributed by atoms with Gasteiger partial charge in [-0.15, -0.1) is 0 Å². The molecule has 0 saturated carbocycles. The lowest BCUT2D eigenvalue weighted by atomic mass is 9.95. The number of hydrogen-bond acceptors (Lipinski definition) is 2. The number of benzene rings is 1. The molecule has 104 valence electrons. The van der Waals surface area contributed by atoms with Crippen LogP contribution in [0.25, 0.3) is 0 Å². The summed E-state index contributed by atoms with van der Waals surface area (Å²) in [5, 5.41) is 6.50. The van der Waals surface area contributed by atoms with Crippen molar-refractivity contribution in [3.05, 3.63) is 29.3 Å². The first kappa shape index (κ1) is 13.9. The van der Waals surface area contributed by atoms with Crippen LogP contribution in [0.2, 0.25) is 0 Å². The van der Waals surface area contributed by atoms with Crippen LogP contribution in [0.4, 0.5) is 5.69 Å². The van der Waals surface area contributed by atoms with Gasteiger partial charge in [0.2, 0.25) is 5.91 Å². The van der Waals surface area contributed by atoms with Crippen molar-refractivity contribution in [2.45, 2.75) is 40.0 Å². The third kappa shape index (κ3) is 3.49. The van der Waals surface area contributed by atoms with Gasteiger partial charge in [0.25, 0.3) is 0 Å². The van der Waals surface area contributed by atoms with Crippen LogP contribution in [-0.2, 0) is 17.6 Å². The standard InChI is InChI=1S/C16H24N2O/c1-16(2,3)15(19)18-11-9-13-7-4-6-12-8-5-10-17-14(12)13/h4,6-7,17H,5,8-11H2,1-3H3,(H,18,19). The lowest BCUT2D eigenvalue weighted by Gasteiger charge is -2.22.